The van der Waals surface area contributed by atoms with Crippen molar-refractivity contribution < 1.29 is 18.9 Å². The Morgan fingerprint density at radius 1 is 0.889 bits per heavy atom. The van der Waals surface area contributed by atoms with Crippen molar-refractivity contribution in [1.29, 1.82) is 0 Å². The molecule has 2 aromatic rings. The molecule has 0 saturated carbocycles. The molecule has 1 aliphatic rings. The molecule has 0 aliphatic carbocycles. The SMILES string of the molecule is CCOc1ccc(C2NCCc3cc(OC)c(OC)cc32)cc1OCC.Cl. The van der Waals surface area contributed by atoms with E-state index in [1.165, 1.54) is 11.1 Å². The van der Waals surface area contributed by atoms with E-state index in [0.29, 0.717) is 13.2 Å². The van der Waals surface area contributed by atoms with Crippen LogP contribution in [0.2, 0.25) is 0 Å². The summed E-state index contributed by atoms with van der Waals surface area (Å²) in [5.41, 5.74) is 3.63. The van der Waals surface area contributed by atoms with Crippen molar-refractivity contribution >= 4 is 12.4 Å². The quantitative estimate of drug-likeness (QED) is 0.765. The second-order valence-corrected chi connectivity index (χ2v) is 6.12. The minimum atomic E-state index is 0. The molecule has 2 aromatic carbocycles. The van der Waals surface area contributed by atoms with E-state index in [-0.39, 0.29) is 18.4 Å². The van der Waals surface area contributed by atoms with Gasteiger partial charge in [0.25, 0.3) is 0 Å². The Balaban J connectivity index is 0.00000261. The predicted molar refractivity (Wildman–Crippen MR) is 109 cm³/mol. The molecule has 0 aromatic heterocycles. The lowest BCUT2D eigenvalue weighted by atomic mass is 9.89. The van der Waals surface area contributed by atoms with Gasteiger partial charge in [-0.1, -0.05) is 6.07 Å². The first-order valence-electron chi connectivity index (χ1n) is 9.09. The van der Waals surface area contributed by atoms with Crippen LogP contribution >= 0.6 is 12.4 Å². The highest BCUT2D eigenvalue weighted by Gasteiger charge is 2.25. The van der Waals surface area contributed by atoms with Crippen molar-refractivity contribution in [3.05, 3.63) is 47.0 Å². The second kappa shape index (κ2) is 9.72. The Morgan fingerprint density at radius 2 is 1.56 bits per heavy atom. The first-order chi connectivity index (χ1) is 12.7. The van der Waals surface area contributed by atoms with Crippen molar-refractivity contribution in [2.75, 3.05) is 34.0 Å². The third-order valence-corrected chi connectivity index (χ3v) is 4.60. The molecule has 1 aliphatic heterocycles. The van der Waals surface area contributed by atoms with Gasteiger partial charge in [0.1, 0.15) is 0 Å². The zero-order chi connectivity index (χ0) is 18.5. The van der Waals surface area contributed by atoms with Gasteiger partial charge in [-0.15, -0.1) is 12.4 Å². The lowest BCUT2D eigenvalue weighted by molar-refractivity contribution is 0.287. The average Bonchev–Trinajstić information content (AvgIpc) is 2.68. The van der Waals surface area contributed by atoms with Gasteiger partial charge in [-0.2, -0.15) is 0 Å². The number of ether oxygens (including phenoxy) is 4. The lowest BCUT2D eigenvalue weighted by Crippen LogP contribution is -2.30. The number of fused-ring (bicyclic) bond motifs is 1. The van der Waals surface area contributed by atoms with Crippen LogP contribution in [0.1, 0.15) is 36.6 Å². The zero-order valence-corrected chi connectivity index (χ0v) is 17.2. The summed E-state index contributed by atoms with van der Waals surface area (Å²) in [6, 6.07) is 10.4. The Hall–Kier alpha value is -2.11. The highest BCUT2D eigenvalue weighted by molar-refractivity contribution is 5.85. The van der Waals surface area contributed by atoms with Crippen LogP contribution in [0.15, 0.2) is 30.3 Å². The number of methoxy groups -OCH3 is 2. The van der Waals surface area contributed by atoms with Gasteiger partial charge in [-0.3, -0.25) is 0 Å². The molecule has 5 nitrogen and oxygen atoms in total. The summed E-state index contributed by atoms with van der Waals surface area (Å²) >= 11 is 0. The maximum absolute atomic E-state index is 5.79. The summed E-state index contributed by atoms with van der Waals surface area (Å²) < 4.78 is 22.4. The number of hydrogen-bond acceptors (Lipinski definition) is 5. The molecule has 3 rings (SSSR count). The first-order valence-corrected chi connectivity index (χ1v) is 9.09. The minimum Gasteiger partial charge on any atom is -0.493 e. The van der Waals surface area contributed by atoms with Crippen molar-refractivity contribution in [3.8, 4) is 23.0 Å². The lowest BCUT2D eigenvalue weighted by Gasteiger charge is -2.29. The number of halogens is 1. The molecule has 0 bridgehead atoms. The predicted octanol–water partition coefficient (Wildman–Crippen LogP) is 4.16. The Kier molecular flexibility index (Phi) is 7.63. The normalized spacial score (nSPS) is 15.3. The van der Waals surface area contributed by atoms with Crippen LogP contribution in [-0.4, -0.2) is 34.0 Å². The van der Waals surface area contributed by atoms with E-state index in [4.69, 9.17) is 18.9 Å². The molecule has 148 valence electrons. The van der Waals surface area contributed by atoms with Gasteiger partial charge in [0.05, 0.1) is 33.5 Å². The van der Waals surface area contributed by atoms with Gasteiger partial charge in [0.2, 0.25) is 0 Å². The number of rotatable bonds is 7. The minimum absolute atomic E-state index is 0. The van der Waals surface area contributed by atoms with Gasteiger partial charge in [0, 0.05) is 6.54 Å². The van der Waals surface area contributed by atoms with Gasteiger partial charge >= 0.3 is 0 Å². The highest BCUT2D eigenvalue weighted by Crippen LogP contribution is 2.39. The van der Waals surface area contributed by atoms with Gasteiger partial charge in [-0.25, -0.2) is 0 Å². The van der Waals surface area contributed by atoms with Crippen molar-refractivity contribution in [2.24, 2.45) is 0 Å². The molecule has 27 heavy (non-hydrogen) atoms. The topological polar surface area (TPSA) is 49.0 Å². The molecule has 1 atom stereocenters. The van der Waals surface area contributed by atoms with E-state index in [1.54, 1.807) is 14.2 Å². The molecule has 0 spiro atoms. The number of benzene rings is 2. The van der Waals surface area contributed by atoms with E-state index < -0.39 is 0 Å². The molecule has 1 N–H and O–H groups in total. The number of hydrogen-bond donors (Lipinski definition) is 1. The van der Waals surface area contributed by atoms with Crippen molar-refractivity contribution in [2.45, 2.75) is 26.3 Å². The Morgan fingerprint density at radius 3 is 2.22 bits per heavy atom. The largest absolute Gasteiger partial charge is 0.493 e. The smallest absolute Gasteiger partial charge is 0.161 e. The fourth-order valence-corrected chi connectivity index (χ4v) is 3.43. The van der Waals surface area contributed by atoms with Crippen molar-refractivity contribution in [1.82, 2.24) is 5.32 Å². The first kappa shape index (κ1) is 21.2. The Bertz CT molecular complexity index is 766. The monoisotopic (exact) mass is 393 g/mol. The van der Waals surface area contributed by atoms with E-state index in [1.807, 2.05) is 19.9 Å². The molecule has 0 fully saturated rings. The summed E-state index contributed by atoms with van der Waals surface area (Å²) in [5.74, 6) is 3.08. The van der Waals surface area contributed by atoms with Crippen molar-refractivity contribution in [3.63, 3.8) is 0 Å². The zero-order valence-electron chi connectivity index (χ0n) is 16.3. The van der Waals surface area contributed by atoms with Crippen LogP contribution in [0.5, 0.6) is 23.0 Å². The second-order valence-electron chi connectivity index (χ2n) is 6.12. The fourth-order valence-electron chi connectivity index (χ4n) is 3.43. The maximum atomic E-state index is 5.79. The summed E-state index contributed by atoms with van der Waals surface area (Å²) in [7, 11) is 3.34. The number of nitrogens with one attached hydrogen (secondary N) is 1. The summed E-state index contributed by atoms with van der Waals surface area (Å²) in [4.78, 5) is 0. The summed E-state index contributed by atoms with van der Waals surface area (Å²) in [6.07, 6.45) is 0.960. The van der Waals surface area contributed by atoms with Crippen LogP contribution in [-0.2, 0) is 6.42 Å². The van der Waals surface area contributed by atoms with Crippen LogP contribution in [0.4, 0.5) is 0 Å². The maximum Gasteiger partial charge on any atom is 0.161 e. The molecule has 6 heteroatoms. The van der Waals surface area contributed by atoms with E-state index in [0.717, 1.165) is 41.5 Å². The summed E-state index contributed by atoms with van der Waals surface area (Å²) in [5, 5.41) is 3.61. The molecule has 0 amide bonds. The van der Waals surface area contributed by atoms with E-state index in [2.05, 4.69) is 29.6 Å². The van der Waals surface area contributed by atoms with Crippen LogP contribution in [0, 0.1) is 0 Å². The van der Waals surface area contributed by atoms with Gasteiger partial charge in [-0.05, 0) is 61.2 Å². The van der Waals surface area contributed by atoms with Crippen LogP contribution in [0.3, 0.4) is 0 Å². The molecule has 1 heterocycles. The fraction of sp³-hybridized carbons (Fsp3) is 0.429. The molecular formula is C21H28ClNO4. The summed E-state index contributed by atoms with van der Waals surface area (Å²) in [6.45, 7) is 6.07. The molecule has 0 radical (unpaired) electrons. The van der Waals surface area contributed by atoms with E-state index in [9.17, 15) is 0 Å². The van der Waals surface area contributed by atoms with Crippen LogP contribution in [0.25, 0.3) is 0 Å². The standard InChI is InChI=1S/C21H27NO4.ClH/c1-5-25-17-8-7-15(12-20(17)26-6-2)21-16-13-19(24-4)18(23-3)11-14(16)9-10-22-21;/h7-8,11-13,21-22H,5-6,9-10H2,1-4H3;1H. The molecule has 0 saturated heterocycles. The molecular weight excluding hydrogens is 366 g/mol. The third-order valence-electron chi connectivity index (χ3n) is 4.60. The van der Waals surface area contributed by atoms with Gasteiger partial charge in [0.15, 0.2) is 23.0 Å². The van der Waals surface area contributed by atoms with E-state index >= 15 is 0 Å². The molecule has 1 unspecified atom stereocenters. The highest BCUT2D eigenvalue weighted by atomic mass is 35.5. The Labute approximate surface area is 167 Å². The van der Waals surface area contributed by atoms with Gasteiger partial charge < -0.3 is 24.3 Å². The average molecular weight is 394 g/mol. The third kappa shape index (κ3) is 4.42. The van der Waals surface area contributed by atoms with Crippen LogP contribution < -0.4 is 24.3 Å².